The lowest BCUT2D eigenvalue weighted by Crippen LogP contribution is -2.23. The third kappa shape index (κ3) is 5.30. The van der Waals surface area contributed by atoms with Crippen molar-refractivity contribution in [1.29, 1.82) is 0 Å². The minimum atomic E-state index is 0.894. The van der Waals surface area contributed by atoms with Gasteiger partial charge in [0.1, 0.15) is 0 Å². The van der Waals surface area contributed by atoms with E-state index in [0.29, 0.717) is 0 Å². The van der Waals surface area contributed by atoms with Crippen LogP contribution < -0.4 is 5.32 Å². The summed E-state index contributed by atoms with van der Waals surface area (Å²) >= 11 is 0. The summed E-state index contributed by atoms with van der Waals surface area (Å²) in [7, 11) is 0. The quantitative estimate of drug-likeness (QED) is 0.672. The highest BCUT2D eigenvalue weighted by Crippen LogP contribution is 2.07. The number of hydrogen-bond donors (Lipinski definition) is 1. The van der Waals surface area contributed by atoms with Gasteiger partial charge in [0.05, 0.1) is 0 Å². The smallest absolute Gasteiger partial charge is 0.0240 e. The lowest BCUT2D eigenvalue weighted by molar-refractivity contribution is 0.328. The largest absolute Gasteiger partial charge is 0.313 e. The number of nitrogens with one attached hydrogen (secondary N) is 1. The van der Waals surface area contributed by atoms with Crippen LogP contribution in [0.2, 0.25) is 0 Å². The summed E-state index contributed by atoms with van der Waals surface area (Å²) in [6.07, 6.45) is 3.87. The molecule has 0 aliphatic rings. The summed E-state index contributed by atoms with van der Waals surface area (Å²) < 4.78 is 0. The van der Waals surface area contributed by atoms with Gasteiger partial charge in [0, 0.05) is 26.2 Å². The van der Waals surface area contributed by atoms with Crippen LogP contribution in [-0.4, -0.2) is 24.5 Å². The number of benzene rings is 1. The van der Waals surface area contributed by atoms with E-state index in [1.807, 2.05) is 12.2 Å². The topological polar surface area (TPSA) is 15.3 Å². The molecular formula is C16H24N2. The molecule has 0 aliphatic heterocycles. The zero-order valence-electron chi connectivity index (χ0n) is 11.4. The molecule has 2 nitrogen and oxygen atoms in total. The highest BCUT2D eigenvalue weighted by atomic mass is 15.1. The Balaban J connectivity index is 2.55. The minimum absolute atomic E-state index is 0.894. The van der Waals surface area contributed by atoms with Crippen molar-refractivity contribution in [3.05, 3.63) is 60.7 Å². The molecule has 0 heterocycles. The number of rotatable bonds is 9. The Kier molecular flexibility index (Phi) is 7.07. The Morgan fingerprint density at radius 3 is 2.11 bits per heavy atom. The molecule has 0 spiro atoms. The number of hydrogen-bond acceptors (Lipinski definition) is 2. The maximum atomic E-state index is 3.79. The standard InChI is InChI=1S/C16H24N2/c1-4-11-18(12-5-2)14-16-9-7-15(8-10-16)13-17-6-3/h4-5,7-10,17H,1-2,6,11-14H2,3H3. The van der Waals surface area contributed by atoms with Gasteiger partial charge in [-0.25, -0.2) is 0 Å². The minimum Gasteiger partial charge on any atom is -0.313 e. The van der Waals surface area contributed by atoms with Gasteiger partial charge in [-0.1, -0.05) is 43.3 Å². The molecule has 0 atom stereocenters. The molecule has 0 aliphatic carbocycles. The molecule has 0 fully saturated rings. The Morgan fingerprint density at radius 2 is 1.61 bits per heavy atom. The number of nitrogens with zero attached hydrogens (tertiary/aromatic N) is 1. The summed E-state index contributed by atoms with van der Waals surface area (Å²) in [5.41, 5.74) is 2.67. The molecule has 1 N–H and O–H groups in total. The van der Waals surface area contributed by atoms with Gasteiger partial charge in [0.2, 0.25) is 0 Å². The van der Waals surface area contributed by atoms with Gasteiger partial charge in [-0.15, -0.1) is 13.2 Å². The Labute approximate surface area is 111 Å². The molecule has 0 unspecified atom stereocenters. The van der Waals surface area contributed by atoms with Crippen molar-refractivity contribution < 1.29 is 0 Å². The van der Waals surface area contributed by atoms with Crippen molar-refractivity contribution in [3.8, 4) is 0 Å². The van der Waals surface area contributed by atoms with Crippen LogP contribution >= 0.6 is 0 Å². The summed E-state index contributed by atoms with van der Waals surface area (Å²) in [5.74, 6) is 0. The van der Waals surface area contributed by atoms with Crippen molar-refractivity contribution in [2.24, 2.45) is 0 Å². The maximum absolute atomic E-state index is 3.79. The van der Waals surface area contributed by atoms with E-state index in [2.05, 4.69) is 54.6 Å². The average Bonchev–Trinajstić information content (AvgIpc) is 2.38. The van der Waals surface area contributed by atoms with Gasteiger partial charge in [-0.05, 0) is 17.7 Å². The van der Waals surface area contributed by atoms with Crippen LogP contribution in [0.4, 0.5) is 0 Å². The van der Waals surface area contributed by atoms with Crippen molar-refractivity contribution in [2.45, 2.75) is 20.0 Å². The van der Waals surface area contributed by atoms with Crippen LogP contribution in [0.5, 0.6) is 0 Å². The third-order valence-electron chi connectivity index (χ3n) is 2.78. The van der Waals surface area contributed by atoms with E-state index in [1.165, 1.54) is 11.1 Å². The van der Waals surface area contributed by atoms with Gasteiger partial charge < -0.3 is 5.32 Å². The van der Waals surface area contributed by atoms with Crippen LogP contribution in [0.3, 0.4) is 0 Å². The fraction of sp³-hybridized carbons (Fsp3) is 0.375. The monoisotopic (exact) mass is 244 g/mol. The summed E-state index contributed by atoms with van der Waals surface area (Å²) in [6.45, 7) is 14.4. The SMILES string of the molecule is C=CCN(CC=C)Cc1ccc(CNCC)cc1. The van der Waals surface area contributed by atoms with Crippen LogP contribution in [0.1, 0.15) is 18.1 Å². The molecule has 0 aromatic heterocycles. The van der Waals surface area contributed by atoms with Crippen LogP contribution in [0, 0.1) is 0 Å². The molecule has 0 saturated carbocycles. The molecule has 0 amide bonds. The molecule has 1 aromatic rings. The van der Waals surface area contributed by atoms with Gasteiger partial charge in [0.25, 0.3) is 0 Å². The van der Waals surface area contributed by atoms with E-state index in [9.17, 15) is 0 Å². The first-order valence-electron chi connectivity index (χ1n) is 6.52. The van der Waals surface area contributed by atoms with Crippen molar-refractivity contribution in [2.75, 3.05) is 19.6 Å². The van der Waals surface area contributed by atoms with Crippen LogP contribution in [-0.2, 0) is 13.1 Å². The van der Waals surface area contributed by atoms with Crippen LogP contribution in [0.25, 0.3) is 0 Å². The van der Waals surface area contributed by atoms with Gasteiger partial charge in [0.15, 0.2) is 0 Å². The van der Waals surface area contributed by atoms with E-state index in [-0.39, 0.29) is 0 Å². The van der Waals surface area contributed by atoms with Crippen molar-refractivity contribution >= 4 is 0 Å². The van der Waals surface area contributed by atoms with E-state index in [1.54, 1.807) is 0 Å². The predicted molar refractivity (Wildman–Crippen MR) is 79.5 cm³/mol. The van der Waals surface area contributed by atoms with E-state index in [0.717, 1.165) is 32.7 Å². The third-order valence-corrected chi connectivity index (χ3v) is 2.78. The fourth-order valence-corrected chi connectivity index (χ4v) is 1.86. The lowest BCUT2D eigenvalue weighted by Gasteiger charge is -2.18. The second kappa shape index (κ2) is 8.67. The predicted octanol–water partition coefficient (Wildman–Crippen LogP) is 2.97. The second-order valence-corrected chi connectivity index (χ2v) is 4.37. The van der Waals surface area contributed by atoms with Crippen molar-refractivity contribution in [3.63, 3.8) is 0 Å². The molecule has 0 bridgehead atoms. The maximum Gasteiger partial charge on any atom is 0.0240 e. The summed E-state index contributed by atoms with van der Waals surface area (Å²) in [5, 5.41) is 3.33. The van der Waals surface area contributed by atoms with Crippen LogP contribution in [0.15, 0.2) is 49.6 Å². The fourth-order valence-electron chi connectivity index (χ4n) is 1.86. The molecule has 1 aromatic carbocycles. The average molecular weight is 244 g/mol. The molecule has 98 valence electrons. The molecule has 18 heavy (non-hydrogen) atoms. The summed E-state index contributed by atoms with van der Waals surface area (Å²) in [6, 6.07) is 8.79. The Hall–Kier alpha value is -1.38. The lowest BCUT2D eigenvalue weighted by atomic mass is 10.1. The van der Waals surface area contributed by atoms with Gasteiger partial charge in [-0.3, -0.25) is 4.90 Å². The van der Waals surface area contributed by atoms with E-state index >= 15 is 0 Å². The first kappa shape index (κ1) is 14.7. The van der Waals surface area contributed by atoms with E-state index < -0.39 is 0 Å². The molecule has 1 rings (SSSR count). The highest BCUT2D eigenvalue weighted by molar-refractivity contribution is 5.22. The zero-order chi connectivity index (χ0) is 13.2. The van der Waals surface area contributed by atoms with E-state index in [4.69, 9.17) is 0 Å². The first-order chi connectivity index (χ1) is 8.80. The normalized spacial score (nSPS) is 10.6. The second-order valence-electron chi connectivity index (χ2n) is 4.37. The van der Waals surface area contributed by atoms with Gasteiger partial charge >= 0.3 is 0 Å². The highest BCUT2D eigenvalue weighted by Gasteiger charge is 2.02. The summed E-state index contributed by atoms with van der Waals surface area (Å²) in [4.78, 5) is 2.30. The molecular weight excluding hydrogens is 220 g/mol. The van der Waals surface area contributed by atoms with Gasteiger partial charge in [-0.2, -0.15) is 0 Å². The Morgan fingerprint density at radius 1 is 1.06 bits per heavy atom. The molecule has 2 heteroatoms. The molecule has 0 radical (unpaired) electrons. The first-order valence-corrected chi connectivity index (χ1v) is 6.52. The van der Waals surface area contributed by atoms with Crippen molar-refractivity contribution in [1.82, 2.24) is 10.2 Å². The molecule has 0 saturated heterocycles. The zero-order valence-corrected chi connectivity index (χ0v) is 11.4. The Bertz CT molecular complexity index is 344.